The lowest BCUT2D eigenvalue weighted by atomic mass is 10.0. The van der Waals surface area contributed by atoms with Crippen LogP contribution >= 0.6 is 67.8 Å². The van der Waals surface area contributed by atoms with Gasteiger partial charge in [-0.25, -0.2) is 5.11 Å². The fraction of sp³-hybridized carbons (Fsp3) is 0.735. The fourth-order valence-electron chi connectivity index (χ4n) is 6.52. The van der Waals surface area contributed by atoms with Gasteiger partial charge in [-0.3, -0.25) is 14.4 Å². The average molecular weight is 1070 g/mol. The van der Waals surface area contributed by atoms with E-state index in [4.69, 9.17) is 37.9 Å². The van der Waals surface area contributed by atoms with E-state index in [1.807, 2.05) is 123 Å². The number of nitrogens with zero attached hydrogens (tertiary/aromatic N) is 2. The maximum absolute atomic E-state index is 14.9. The SMILES string of the molecule is CC1(C)OCC(CN(CC2COC(C)(C)O2)C(=O)c2c(I)c(NC(=O)C[O])c(I)c(C(=O)N(CC3COC(C)(C)O3)CC3COC(C)(C)O3)c2I)O1. The van der Waals surface area contributed by atoms with Crippen molar-refractivity contribution in [2.24, 2.45) is 0 Å². The number of anilines is 1. The molecular formula is C34H47I3N3O12. The summed E-state index contributed by atoms with van der Waals surface area (Å²) in [5.41, 5.74) is 0.566. The predicted molar refractivity (Wildman–Crippen MR) is 210 cm³/mol. The van der Waals surface area contributed by atoms with Crippen molar-refractivity contribution in [3.8, 4) is 0 Å². The molecule has 52 heavy (non-hydrogen) atoms. The first kappa shape index (κ1) is 42.6. The Bertz CT molecular complexity index is 1390. The van der Waals surface area contributed by atoms with E-state index in [1.165, 1.54) is 0 Å². The number of carbonyl (C=O) groups is 3. The van der Waals surface area contributed by atoms with Gasteiger partial charge in [0.25, 0.3) is 17.7 Å². The summed E-state index contributed by atoms with van der Waals surface area (Å²) >= 11 is 6.01. The predicted octanol–water partition coefficient (Wildman–Crippen LogP) is 4.36. The third kappa shape index (κ3) is 10.4. The molecule has 1 aromatic carbocycles. The molecule has 1 aromatic rings. The fourth-order valence-corrected chi connectivity index (χ4v) is 10.9. The Morgan fingerprint density at radius 2 is 0.865 bits per heavy atom. The van der Waals surface area contributed by atoms with Crippen molar-refractivity contribution < 1.29 is 57.4 Å². The molecule has 18 heteroatoms. The highest BCUT2D eigenvalue weighted by molar-refractivity contribution is 14.1. The number of ether oxygens (including phenoxy) is 8. The van der Waals surface area contributed by atoms with Crippen LogP contribution in [0.1, 0.15) is 76.1 Å². The Kier molecular flexibility index (Phi) is 13.5. The smallest absolute Gasteiger partial charge is 0.256 e. The minimum absolute atomic E-state index is 0.155. The first-order chi connectivity index (χ1) is 24.1. The number of halogens is 3. The molecule has 4 heterocycles. The molecule has 4 aliphatic rings. The normalized spacial score (nSPS) is 27.2. The van der Waals surface area contributed by atoms with Gasteiger partial charge in [-0.05, 0) is 123 Å². The molecule has 4 saturated heterocycles. The highest BCUT2D eigenvalue weighted by Gasteiger charge is 2.42. The van der Waals surface area contributed by atoms with E-state index in [0.717, 1.165) is 0 Å². The quantitative estimate of drug-likeness (QED) is 0.296. The lowest BCUT2D eigenvalue weighted by Crippen LogP contribution is -2.46. The molecule has 0 spiro atoms. The van der Waals surface area contributed by atoms with E-state index < -0.39 is 71.9 Å². The molecule has 4 atom stereocenters. The molecule has 1 radical (unpaired) electrons. The maximum Gasteiger partial charge on any atom is 0.256 e. The molecule has 3 amide bonds. The minimum atomic E-state index is -1.05. The lowest BCUT2D eigenvalue weighted by Gasteiger charge is -2.31. The van der Waals surface area contributed by atoms with Crippen molar-refractivity contribution >= 4 is 91.2 Å². The van der Waals surface area contributed by atoms with E-state index in [0.29, 0.717) is 10.7 Å². The molecule has 291 valence electrons. The molecule has 0 bridgehead atoms. The summed E-state index contributed by atoms with van der Waals surface area (Å²) in [6, 6.07) is 0. The van der Waals surface area contributed by atoms with Crippen LogP contribution in [0.4, 0.5) is 5.69 Å². The van der Waals surface area contributed by atoms with Crippen LogP contribution in [-0.2, 0) is 47.8 Å². The third-order valence-electron chi connectivity index (χ3n) is 8.68. The van der Waals surface area contributed by atoms with Crippen LogP contribution in [0.2, 0.25) is 0 Å². The largest absolute Gasteiger partial charge is 0.348 e. The molecule has 4 fully saturated rings. The van der Waals surface area contributed by atoms with Crippen LogP contribution in [0.5, 0.6) is 0 Å². The zero-order valence-corrected chi connectivity index (χ0v) is 37.1. The van der Waals surface area contributed by atoms with Crippen LogP contribution in [0.15, 0.2) is 0 Å². The Morgan fingerprint density at radius 1 is 0.577 bits per heavy atom. The number of rotatable bonds is 12. The number of hydrogen-bond donors (Lipinski definition) is 1. The van der Waals surface area contributed by atoms with E-state index in [-0.39, 0.29) is 69.4 Å². The summed E-state index contributed by atoms with van der Waals surface area (Å²) < 4.78 is 48.8. The van der Waals surface area contributed by atoms with Crippen molar-refractivity contribution in [1.29, 1.82) is 0 Å². The first-order valence-corrected chi connectivity index (χ1v) is 20.3. The van der Waals surface area contributed by atoms with Crippen molar-refractivity contribution in [1.82, 2.24) is 9.80 Å². The Labute approximate surface area is 345 Å². The van der Waals surface area contributed by atoms with Crippen molar-refractivity contribution in [3.63, 3.8) is 0 Å². The molecule has 4 aliphatic heterocycles. The number of hydrogen-bond acceptors (Lipinski definition) is 11. The van der Waals surface area contributed by atoms with Crippen LogP contribution in [-0.4, -0.2) is 134 Å². The number of nitrogens with one attached hydrogen (secondary N) is 1. The van der Waals surface area contributed by atoms with Gasteiger partial charge in [0.1, 0.15) is 24.4 Å². The summed E-state index contributed by atoms with van der Waals surface area (Å²) in [6.45, 7) is 15.1. The van der Waals surface area contributed by atoms with Gasteiger partial charge in [-0.1, -0.05) is 0 Å². The molecule has 0 aliphatic carbocycles. The van der Waals surface area contributed by atoms with E-state index in [2.05, 4.69) is 5.32 Å². The molecule has 0 saturated carbocycles. The summed E-state index contributed by atoms with van der Waals surface area (Å²) in [6.07, 6.45) is -1.78. The van der Waals surface area contributed by atoms with Gasteiger partial charge in [0.2, 0.25) is 0 Å². The van der Waals surface area contributed by atoms with Gasteiger partial charge in [0, 0.05) is 29.7 Å². The van der Waals surface area contributed by atoms with Crippen molar-refractivity contribution in [2.45, 2.75) is 103 Å². The maximum atomic E-state index is 14.9. The van der Waals surface area contributed by atoms with E-state index in [9.17, 15) is 19.5 Å². The first-order valence-electron chi connectivity index (χ1n) is 17.0. The Hall–Kier alpha value is -0.540. The second-order valence-corrected chi connectivity index (χ2v) is 18.2. The number of benzene rings is 1. The summed E-state index contributed by atoms with van der Waals surface area (Å²) in [4.78, 5) is 45.6. The molecule has 0 aromatic heterocycles. The lowest BCUT2D eigenvalue weighted by molar-refractivity contribution is -0.144. The van der Waals surface area contributed by atoms with Crippen molar-refractivity contribution in [2.75, 3.05) is 64.5 Å². The average Bonchev–Trinajstić information content (AvgIpc) is 3.78. The van der Waals surface area contributed by atoms with Gasteiger partial charge in [0.15, 0.2) is 29.8 Å². The molecular weight excluding hydrogens is 1020 g/mol. The zero-order valence-electron chi connectivity index (χ0n) is 30.6. The highest BCUT2D eigenvalue weighted by atomic mass is 127. The van der Waals surface area contributed by atoms with Gasteiger partial charge in [-0.2, -0.15) is 0 Å². The Balaban J connectivity index is 1.57. The standard InChI is InChI=1S/C34H47I3N3O12/c1-31(2)45-14-18(49-31)9-39(10-19-15-46-32(3,4)50-19)29(43)23-25(35)24(27(37)28(26(23)36)38-22(42)13-41)30(44)40(11-20-16-47-33(5,6)51-20)12-21-17-48-34(7,8)52-21/h18-21H,9-17H2,1-8H3,(H,38,42). The second-order valence-electron chi connectivity index (χ2n) is 15.0. The second kappa shape index (κ2) is 16.5. The summed E-state index contributed by atoms with van der Waals surface area (Å²) in [7, 11) is 0. The highest BCUT2D eigenvalue weighted by Crippen LogP contribution is 2.38. The topological polar surface area (TPSA) is 163 Å². The molecule has 5 rings (SSSR count). The molecule has 4 unspecified atom stereocenters. The third-order valence-corrected chi connectivity index (χ3v) is 11.9. The van der Waals surface area contributed by atoms with Crippen LogP contribution in [0, 0.1) is 10.7 Å². The monoisotopic (exact) mass is 1070 g/mol. The van der Waals surface area contributed by atoms with Gasteiger partial charge >= 0.3 is 0 Å². The van der Waals surface area contributed by atoms with Crippen LogP contribution in [0.25, 0.3) is 0 Å². The van der Waals surface area contributed by atoms with Gasteiger partial charge in [0.05, 0.1) is 50.4 Å². The molecule has 15 nitrogen and oxygen atoms in total. The van der Waals surface area contributed by atoms with Crippen LogP contribution < -0.4 is 5.32 Å². The summed E-state index contributed by atoms with van der Waals surface area (Å²) in [5, 5.41) is 14.4. The summed E-state index contributed by atoms with van der Waals surface area (Å²) in [5.74, 6) is -4.96. The van der Waals surface area contributed by atoms with E-state index in [1.54, 1.807) is 9.80 Å². The van der Waals surface area contributed by atoms with Gasteiger partial charge < -0.3 is 53.0 Å². The number of carbonyl (C=O) groups excluding carboxylic acids is 3. The van der Waals surface area contributed by atoms with Crippen molar-refractivity contribution in [3.05, 3.63) is 21.8 Å². The van der Waals surface area contributed by atoms with Gasteiger partial charge in [-0.15, -0.1) is 0 Å². The zero-order chi connectivity index (χ0) is 38.4. The molecule has 1 N–H and O–H groups in total. The van der Waals surface area contributed by atoms with Crippen LogP contribution in [0.3, 0.4) is 0 Å². The number of amides is 3. The Morgan fingerprint density at radius 3 is 1.10 bits per heavy atom. The minimum Gasteiger partial charge on any atom is -0.348 e. The van der Waals surface area contributed by atoms with E-state index >= 15 is 0 Å².